The predicted octanol–water partition coefficient (Wildman–Crippen LogP) is 4.33. The van der Waals surface area contributed by atoms with Gasteiger partial charge in [-0.15, -0.1) is 0 Å². The van der Waals surface area contributed by atoms with E-state index in [0.717, 1.165) is 18.3 Å². The fourth-order valence-electron chi connectivity index (χ4n) is 4.44. The lowest BCUT2D eigenvalue weighted by Crippen LogP contribution is -2.58. The molecule has 188 valence electrons. The van der Waals surface area contributed by atoms with Gasteiger partial charge in [-0.3, -0.25) is 9.79 Å². The molecule has 2 aliphatic heterocycles. The highest BCUT2D eigenvalue weighted by Gasteiger charge is 2.56. The third kappa shape index (κ3) is 4.12. The first-order chi connectivity index (χ1) is 16.3. The highest BCUT2D eigenvalue weighted by molar-refractivity contribution is 7.96. The molecule has 2 aliphatic rings. The number of hydrogen-bond donors (Lipinski definition) is 2. The standard InChI is InChI=1S/C22H23ClF3N5O3S/c1-21(2)19(27)31-22(3,16-6-7-29-35(16,21)33)13-8-11(4-5-15(13)24)30-18(32)17-14(23)9-12(10-28-17)34-20(25)26/h4-5,8-10,16,20H,6-7H2,1-3H3,(H2,27,31)(H,30,32)/t16-,22+,35+/m0/s1. The fraction of sp³-hybridized carbons (Fsp3) is 0.409. The summed E-state index contributed by atoms with van der Waals surface area (Å²) in [6.07, 6.45) is 1.38. The van der Waals surface area contributed by atoms with Crippen molar-refractivity contribution in [3.8, 4) is 5.75 Å². The Morgan fingerprint density at radius 1 is 1.31 bits per heavy atom. The Bertz CT molecular complexity index is 1360. The van der Waals surface area contributed by atoms with Crippen LogP contribution >= 0.6 is 11.6 Å². The van der Waals surface area contributed by atoms with Crippen molar-refractivity contribution in [2.45, 2.75) is 49.3 Å². The van der Waals surface area contributed by atoms with Gasteiger partial charge in [-0.25, -0.2) is 17.9 Å². The van der Waals surface area contributed by atoms with Gasteiger partial charge in [0.25, 0.3) is 5.91 Å². The number of carbonyl (C=O) groups is 1. The van der Waals surface area contributed by atoms with Crippen LogP contribution in [0, 0.1) is 5.82 Å². The van der Waals surface area contributed by atoms with Gasteiger partial charge in [0.1, 0.15) is 33.4 Å². The molecule has 0 saturated carbocycles. The van der Waals surface area contributed by atoms with Crippen molar-refractivity contribution in [2.75, 3.05) is 11.9 Å². The zero-order valence-corrected chi connectivity index (χ0v) is 20.6. The summed E-state index contributed by atoms with van der Waals surface area (Å²) in [5.74, 6) is -1.56. The molecule has 8 nitrogen and oxygen atoms in total. The number of aliphatic imine (C=N–C) groups is 1. The second kappa shape index (κ2) is 8.66. The molecule has 1 amide bonds. The third-order valence-electron chi connectivity index (χ3n) is 6.41. The summed E-state index contributed by atoms with van der Waals surface area (Å²) in [6, 6.07) is 4.92. The van der Waals surface area contributed by atoms with Gasteiger partial charge in [0.2, 0.25) is 0 Å². The van der Waals surface area contributed by atoms with Crippen LogP contribution in [0.5, 0.6) is 5.75 Å². The number of pyridine rings is 1. The Hall–Kier alpha value is -2.86. The number of anilines is 1. The number of amidine groups is 1. The number of rotatable bonds is 5. The van der Waals surface area contributed by atoms with Gasteiger partial charge in [-0.05, 0) is 45.4 Å². The minimum Gasteiger partial charge on any atom is -0.433 e. The second-order valence-electron chi connectivity index (χ2n) is 8.88. The van der Waals surface area contributed by atoms with Gasteiger partial charge < -0.3 is 15.8 Å². The number of nitrogens with two attached hydrogens (primary N) is 1. The molecule has 3 atom stereocenters. The van der Waals surface area contributed by atoms with E-state index < -0.39 is 43.6 Å². The van der Waals surface area contributed by atoms with E-state index in [1.165, 1.54) is 12.1 Å². The van der Waals surface area contributed by atoms with E-state index in [0.29, 0.717) is 13.0 Å². The quantitative estimate of drug-likeness (QED) is 0.597. The molecule has 35 heavy (non-hydrogen) atoms. The first-order valence-corrected chi connectivity index (χ1v) is 12.5. The minimum atomic E-state index is -3.07. The average molecular weight is 530 g/mol. The van der Waals surface area contributed by atoms with Crippen LogP contribution in [0.15, 0.2) is 39.8 Å². The Morgan fingerprint density at radius 2 is 2.03 bits per heavy atom. The van der Waals surface area contributed by atoms with Crippen molar-refractivity contribution < 1.29 is 26.9 Å². The topological polar surface area (TPSA) is 119 Å². The largest absolute Gasteiger partial charge is 0.433 e. The molecular weight excluding hydrogens is 507 g/mol. The molecule has 0 unspecified atom stereocenters. The van der Waals surface area contributed by atoms with Gasteiger partial charge in [-0.1, -0.05) is 11.6 Å². The molecule has 1 aromatic heterocycles. The number of fused-ring (bicyclic) bond motifs is 1. The molecule has 0 saturated heterocycles. The van der Waals surface area contributed by atoms with Gasteiger partial charge in [0.15, 0.2) is 0 Å². The minimum absolute atomic E-state index is 0.100. The number of benzene rings is 1. The number of hydrogen-bond acceptors (Lipinski definition) is 7. The monoisotopic (exact) mass is 529 g/mol. The maximum atomic E-state index is 15.1. The van der Waals surface area contributed by atoms with Crippen molar-refractivity contribution in [3.63, 3.8) is 0 Å². The van der Waals surface area contributed by atoms with E-state index >= 15 is 4.39 Å². The predicted molar refractivity (Wildman–Crippen MR) is 127 cm³/mol. The number of aromatic nitrogens is 1. The Labute approximate surface area is 205 Å². The van der Waals surface area contributed by atoms with Crippen LogP contribution in [-0.4, -0.2) is 44.1 Å². The molecular formula is C22H23ClF3N5O3S. The Kier molecular flexibility index (Phi) is 6.25. The van der Waals surface area contributed by atoms with Gasteiger partial charge >= 0.3 is 6.61 Å². The van der Waals surface area contributed by atoms with E-state index in [2.05, 4.69) is 24.4 Å². The number of ether oxygens (including phenoxy) is 1. The van der Waals surface area contributed by atoms with Crippen LogP contribution in [0.1, 0.15) is 43.2 Å². The first kappa shape index (κ1) is 25.2. The summed E-state index contributed by atoms with van der Waals surface area (Å²) in [6.45, 7) is 2.37. The summed E-state index contributed by atoms with van der Waals surface area (Å²) in [5, 5.41) is 1.76. The lowest BCUT2D eigenvalue weighted by atomic mass is 9.85. The highest BCUT2D eigenvalue weighted by atomic mass is 35.5. The van der Waals surface area contributed by atoms with Crippen molar-refractivity contribution in [3.05, 3.63) is 52.6 Å². The normalized spacial score (nSPS) is 27.1. The van der Waals surface area contributed by atoms with Crippen LogP contribution in [0.25, 0.3) is 0 Å². The highest BCUT2D eigenvalue weighted by Crippen LogP contribution is 2.48. The van der Waals surface area contributed by atoms with Crippen LogP contribution in [-0.2, 0) is 15.3 Å². The summed E-state index contributed by atoms with van der Waals surface area (Å²) in [5.41, 5.74) is 4.97. The van der Waals surface area contributed by atoms with Crippen LogP contribution in [0.3, 0.4) is 0 Å². The SMILES string of the molecule is CC1(C)C(N)=N[C@](C)(c2cc(NC(=O)c3ncc(OC(F)F)cc3Cl)ccc2F)[C@@H]2CCN=[S@@]21=O. The second-order valence-corrected chi connectivity index (χ2v) is 12.3. The molecule has 3 N–H and O–H groups in total. The maximum absolute atomic E-state index is 15.1. The van der Waals surface area contributed by atoms with Crippen LogP contribution < -0.4 is 15.8 Å². The summed E-state index contributed by atoms with van der Waals surface area (Å²) < 4.78 is 61.4. The molecule has 3 heterocycles. The average Bonchev–Trinajstić information content (AvgIpc) is 3.18. The first-order valence-electron chi connectivity index (χ1n) is 10.6. The number of nitrogens with one attached hydrogen (secondary N) is 1. The van der Waals surface area contributed by atoms with E-state index in [9.17, 15) is 17.8 Å². The third-order valence-corrected chi connectivity index (χ3v) is 10.4. The lowest BCUT2D eigenvalue weighted by Gasteiger charge is -2.44. The van der Waals surface area contributed by atoms with Crippen molar-refractivity contribution in [1.29, 1.82) is 0 Å². The summed E-state index contributed by atoms with van der Waals surface area (Å²) in [7, 11) is -2.87. The van der Waals surface area contributed by atoms with Crippen molar-refractivity contribution in [2.24, 2.45) is 15.1 Å². The number of halogens is 4. The zero-order chi connectivity index (χ0) is 25.8. The molecule has 13 heteroatoms. The van der Waals surface area contributed by atoms with E-state index in [1.54, 1.807) is 20.8 Å². The van der Waals surface area contributed by atoms with Gasteiger partial charge in [0, 0.05) is 23.9 Å². The lowest BCUT2D eigenvalue weighted by molar-refractivity contribution is -0.0500. The number of carbonyl (C=O) groups excluding carboxylic acids is 1. The van der Waals surface area contributed by atoms with Crippen molar-refractivity contribution >= 4 is 38.8 Å². The zero-order valence-electron chi connectivity index (χ0n) is 19.0. The maximum Gasteiger partial charge on any atom is 0.387 e. The fourth-order valence-corrected chi connectivity index (χ4v) is 7.85. The van der Waals surface area contributed by atoms with Crippen LogP contribution in [0.4, 0.5) is 18.9 Å². The van der Waals surface area contributed by atoms with Crippen LogP contribution in [0.2, 0.25) is 5.02 Å². The molecule has 0 bridgehead atoms. The van der Waals surface area contributed by atoms with E-state index in [-0.39, 0.29) is 33.6 Å². The molecule has 0 spiro atoms. The molecule has 1 aromatic carbocycles. The summed E-state index contributed by atoms with van der Waals surface area (Å²) in [4.78, 5) is 21.1. The molecule has 4 rings (SSSR count). The summed E-state index contributed by atoms with van der Waals surface area (Å²) >= 11 is 6.01. The van der Waals surface area contributed by atoms with Gasteiger partial charge in [-0.2, -0.15) is 8.78 Å². The number of alkyl halides is 2. The number of nitrogens with zero attached hydrogens (tertiary/aromatic N) is 3. The molecule has 0 aliphatic carbocycles. The molecule has 0 radical (unpaired) electrons. The smallest absolute Gasteiger partial charge is 0.387 e. The van der Waals surface area contributed by atoms with E-state index in [1.807, 2.05) is 0 Å². The van der Waals surface area contributed by atoms with E-state index in [4.69, 9.17) is 17.3 Å². The number of amides is 1. The molecule has 2 aromatic rings. The van der Waals surface area contributed by atoms with Gasteiger partial charge in [0.05, 0.1) is 26.2 Å². The molecule has 0 fully saturated rings. The Balaban J connectivity index is 1.69. The Morgan fingerprint density at radius 3 is 2.69 bits per heavy atom. The van der Waals surface area contributed by atoms with Crippen molar-refractivity contribution in [1.82, 2.24) is 4.98 Å².